The number of hydrogen-bond donors (Lipinski definition) is 2. The predicted molar refractivity (Wildman–Crippen MR) is 244 cm³/mol. The molecule has 3 aromatic rings. The van der Waals surface area contributed by atoms with Crippen LogP contribution in [0.5, 0.6) is 0 Å². The predicted octanol–water partition coefficient (Wildman–Crippen LogP) is 7.54. The van der Waals surface area contributed by atoms with Gasteiger partial charge in [-0.15, -0.1) is 0 Å². The van der Waals surface area contributed by atoms with Crippen LogP contribution in [-0.2, 0) is 58.1 Å². The molecular weight excluding hydrogens is 904 g/mol. The first kappa shape index (κ1) is 50.3. The molecule has 3 unspecified atom stereocenters. The van der Waals surface area contributed by atoms with Gasteiger partial charge in [0, 0.05) is 35.9 Å². The summed E-state index contributed by atoms with van der Waals surface area (Å²) >= 11 is 0. The monoisotopic (exact) mass is 961 g/mol. The molecule has 1 spiro atoms. The van der Waals surface area contributed by atoms with E-state index in [0.29, 0.717) is 48.6 Å². The molecule has 4 amide bonds. The summed E-state index contributed by atoms with van der Waals surface area (Å²) in [6.07, 6.45) is 2.78. The second-order valence-corrected chi connectivity index (χ2v) is 22.3. The molecular formula is C49H58F2N5O11P. The summed E-state index contributed by atoms with van der Waals surface area (Å²) in [5.41, 5.74) is -6.63. The Morgan fingerprint density at radius 2 is 1.66 bits per heavy atom. The molecule has 0 aliphatic carbocycles. The zero-order valence-corrected chi connectivity index (χ0v) is 39.9. The second kappa shape index (κ2) is 19.4. The standard InChI is InChI=1S/C49H58F2N5O11P/c1-46(2,3)23-36(26-57)64-28-66-68(63,67-29-65-45(62)47(4,5)6)49(50,51)33-18-17-30-15-16-31(21-32(30)22-33)41(58)53-39-14-9-7-11-35-19-20-40(56(35)42(39)59)43(60)55-25-34(24-52)48(27-55)37-12-8-10-13-38(37)54-44(48)61/h8,10,12-13,15-18,21-22,26,34-36,39-40H,7,9,11,14,19-20,23,25,27-29H2,1-6H3,(H,53,58)(H,54,61)/t34-,35-,36?,39?,40-,48+,68?/m0/s1. The van der Waals surface area contributed by atoms with E-state index in [0.717, 1.165) is 18.6 Å². The molecule has 364 valence electrons. The van der Waals surface area contributed by atoms with Gasteiger partial charge in [-0.3, -0.25) is 37.6 Å². The second-order valence-electron chi connectivity index (χ2n) is 20.3. The van der Waals surface area contributed by atoms with Crippen LogP contribution in [0, 0.1) is 28.1 Å². The third-order valence-electron chi connectivity index (χ3n) is 13.2. The third-order valence-corrected chi connectivity index (χ3v) is 15.0. The quantitative estimate of drug-likeness (QED) is 0.0695. The van der Waals surface area contributed by atoms with E-state index in [4.69, 9.17) is 18.5 Å². The molecule has 3 fully saturated rings. The molecule has 0 radical (unpaired) electrons. The molecule has 3 aromatic carbocycles. The molecule has 3 saturated heterocycles. The van der Waals surface area contributed by atoms with Crippen LogP contribution in [0.1, 0.15) is 108 Å². The van der Waals surface area contributed by atoms with E-state index in [1.807, 2.05) is 20.8 Å². The van der Waals surface area contributed by atoms with Crippen LogP contribution in [0.15, 0.2) is 60.7 Å². The Bertz CT molecular complexity index is 2570. The normalized spacial score (nSPS) is 24.3. The van der Waals surface area contributed by atoms with Crippen molar-refractivity contribution in [3.8, 4) is 6.07 Å². The number of para-hydroxylation sites is 1. The lowest BCUT2D eigenvalue weighted by Gasteiger charge is -2.36. The third kappa shape index (κ3) is 9.94. The molecule has 68 heavy (non-hydrogen) atoms. The number of anilines is 1. The van der Waals surface area contributed by atoms with Crippen molar-refractivity contribution in [3.63, 3.8) is 0 Å². The van der Waals surface area contributed by atoms with E-state index in [1.54, 1.807) is 29.2 Å². The minimum atomic E-state index is -5.61. The molecule has 0 bridgehead atoms. The summed E-state index contributed by atoms with van der Waals surface area (Å²) in [5, 5.41) is 16.5. The highest BCUT2D eigenvalue weighted by Crippen LogP contribution is 2.67. The lowest BCUT2D eigenvalue weighted by molar-refractivity contribution is -0.161. The van der Waals surface area contributed by atoms with Gasteiger partial charge < -0.3 is 34.7 Å². The molecule has 0 aromatic heterocycles. The summed E-state index contributed by atoms with van der Waals surface area (Å²) in [5.74, 6) is -3.48. The van der Waals surface area contributed by atoms with Crippen molar-refractivity contribution in [3.05, 3.63) is 77.4 Å². The lowest BCUT2D eigenvalue weighted by Crippen LogP contribution is -2.57. The number of aldehydes is 1. The number of amides is 4. The largest absolute Gasteiger partial charge is 0.438 e. The van der Waals surface area contributed by atoms with E-state index in [1.165, 1.54) is 49.9 Å². The van der Waals surface area contributed by atoms with Crippen molar-refractivity contribution in [2.75, 3.05) is 32.0 Å². The Morgan fingerprint density at radius 1 is 0.956 bits per heavy atom. The van der Waals surface area contributed by atoms with Crippen LogP contribution in [0.2, 0.25) is 0 Å². The van der Waals surface area contributed by atoms with E-state index in [2.05, 4.69) is 16.7 Å². The summed E-state index contributed by atoms with van der Waals surface area (Å²) in [6.45, 7) is 7.90. The number of benzene rings is 3. The van der Waals surface area contributed by atoms with Gasteiger partial charge in [-0.05, 0) is 98.9 Å². The molecule has 4 aliphatic rings. The molecule has 4 heterocycles. The SMILES string of the molecule is CC(C)(C)CC(C=O)OCOP(=O)(OCOC(=O)C(C)(C)C)C(F)(F)c1ccc2ccc(C(=O)NC3CCCC[C@H]4CC[C@@H](C(=O)N5C[C@H](C#N)[C@@]6(C5)C(=O)Nc5ccccc56)N4C3=O)cc2c1. The maximum Gasteiger partial charge on any atom is 0.409 e. The fourth-order valence-electron chi connectivity index (χ4n) is 9.61. The average Bonchev–Trinajstić information content (AvgIpc) is 3.98. The fraction of sp³-hybridized carbons (Fsp3) is 0.531. The van der Waals surface area contributed by atoms with Gasteiger partial charge in [0.25, 0.3) is 5.91 Å². The smallest absolute Gasteiger partial charge is 0.409 e. The fourth-order valence-corrected chi connectivity index (χ4v) is 10.9. The number of ether oxygens (including phenoxy) is 2. The minimum Gasteiger partial charge on any atom is -0.438 e. The van der Waals surface area contributed by atoms with Crippen LogP contribution in [0.4, 0.5) is 14.5 Å². The maximum atomic E-state index is 16.6. The van der Waals surface area contributed by atoms with Crippen molar-refractivity contribution < 1.29 is 60.6 Å². The number of nitriles is 1. The zero-order valence-electron chi connectivity index (χ0n) is 39.1. The number of hydrogen-bond acceptors (Lipinski definition) is 12. The molecule has 0 saturated carbocycles. The van der Waals surface area contributed by atoms with E-state index in [-0.39, 0.29) is 54.7 Å². The molecule has 2 N–H and O–H groups in total. The first-order valence-electron chi connectivity index (χ1n) is 22.8. The number of carbonyl (C=O) groups is 6. The Kier molecular flexibility index (Phi) is 14.4. The zero-order chi connectivity index (χ0) is 49.4. The highest BCUT2D eigenvalue weighted by atomic mass is 31.2. The first-order valence-corrected chi connectivity index (χ1v) is 24.3. The van der Waals surface area contributed by atoms with Gasteiger partial charge in [0.05, 0.1) is 17.4 Å². The Balaban J connectivity index is 1.09. The van der Waals surface area contributed by atoms with Crippen LogP contribution < -0.4 is 10.6 Å². The van der Waals surface area contributed by atoms with Crippen LogP contribution in [-0.4, -0.2) is 96.6 Å². The van der Waals surface area contributed by atoms with Gasteiger partial charge in [-0.2, -0.15) is 14.0 Å². The topological polar surface area (TPSA) is 211 Å². The highest BCUT2D eigenvalue weighted by Gasteiger charge is 2.60. The van der Waals surface area contributed by atoms with E-state index >= 15 is 8.78 Å². The van der Waals surface area contributed by atoms with Gasteiger partial charge in [0.2, 0.25) is 24.5 Å². The number of likely N-dealkylation sites (tertiary alicyclic amines) is 1. The van der Waals surface area contributed by atoms with Crippen LogP contribution >= 0.6 is 7.60 Å². The minimum absolute atomic E-state index is 0.00836. The van der Waals surface area contributed by atoms with Gasteiger partial charge in [0.15, 0.2) is 6.79 Å². The maximum absolute atomic E-state index is 16.6. The lowest BCUT2D eigenvalue weighted by atomic mass is 9.74. The number of alkyl halides is 2. The van der Waals surface area contributed by atoms with E-state index in [9.17, 15) is 38.6 Å². The Morgan fingerprint density at radius 3 is 2.37 bits per heavy atom. The van der Waals surface area contributed by atoms with Crippen LogP contribution in [0.3, 0.4) is 0 Å². The first-order chi connectivity index (χ1) is 32.0. The number of fused-ring (bicyclic) bond motifs is 4. The Labute approximate surface area is 393 Å². The van der Waals surface area contributed by atoms with Gasteiger partial charge >= 0.3 is 19.2 Å². The molecule has 7 rings (SSSR count). The average molecular weight is 962 g/mol. The van der Waals surface area contributed by atoms with Gasteiger partial charge in [-0.1, -0.05) is 70.0 Å². The van der Waals surface area contributed by atoms with Crippen molar-refractivity contribution in [1.29, 1.82) is 5.26 Å². The van der Waals surface area contributed by atoms with Crippen molar-refractivity contribution in [1.82, 2.24) is 15.1 Å². The van der Waals surface area contributed by atoms with Crippen LogP contribution in [0.25, 0.3) is 10.8 Å². The Hall–Kier alpha value is -5.60. The molecule has 7 atom stereocenters. The molecule has 4 aliphatic heterocycles. The number of carbonyl (C=O) groups excluding carboxylic acids is 6. The summed E-state index contributed by atoms with van der Waals surface area (Å²) in [4.78, 5) is 83.6. The number of nitrogens with zero attached hydrogens (tertiary/aromatic N) is 3. The molecule has 19 heteroatoms. The number of nitrogens with one attached hydrogen (secondary N) is 2. The highest BCUT2D eigenvalue weighted by molar-refractivity contribution is 7.54. The summed E-state index contributed by atoms with van der Waals surface area (Å²) in [7, 11) is -5.61. The number of halogens is 2. The van der Waals surface area contributed by atoms with Gasteiger partial charge in [0.1, 0.15) is 29.9 Å². The van der Waals surface area contributed by atoms with E-state index < -0.39 is 90.5 Å². The summed E-state index contributed by atoms with van der Waals surface area (Å²) < 4.78 is 67.8. The van der Waals surface area contributed by atoms with Crippen molar-refractivity contribution in [2.45, 2.75) is 122 Å². The summed E-state index contributed by atoms with van der Waals surface area (Å²) in [6, 6.07) is 14.9. The number of esters is 1. The van der Waals surface area contributed by atoms with Crippen molar-refractivity contribution >= 4 is 59.9 Å². The molecule has 16 nitrogen and oxygen atoms in total. The number of rotatable bonds is 14. The van der Waals surface area contributed by atoms with Crippen molar-refractivity contribution in [2.24, 2.45) is 16.7 Å². The van der Waals surface area contributed by atoms with Gasteiger partial charge in [-0.25, -0.2) is 0 Å².